The topological polar surface area (TPSA) is 86.8 Å². The zero-order valence-corrected chi connectivity index (χ0v) is 24.1. The van der Waals surface area contributed by atoms with Gasteiger partial charge in [0, 0.05) is 29.6 Å². The number of halogens is 3. The van der Waals surface area contributed by atoms with Crippen LogP contribution >= 0.6 is 23.2 Å². The maximum Gasteiger partial charge on any atom is 0.244 e. The first kappa shape index (κ1) is 30.4. The number of nitrogens with zero attached hydrogens (tertiary/aromatic N) is 2. The Balaban J connectivity index is 2.08. The Bertz CT molecular complexity index is 1420. The molecule has 0 aliphatic rings. The highest BCUT2D eigenvalue weighted by Crippen LogP contribution is 2.30. The van der Waals surface area contributed by atoms with Crippen molar-refractivity contribution in [2.45, 2.75) is 38.9 Å². The van der Waals surface area contributed by atoms with E-state index in [4.69, 9.17) is 23.2 Å². The molecule has 3 aromatic carbocycles. The van der Waals surface area contributed by atoms with Gasteiger partial charge < -0.3 is 10.2 Å². The molecule has 3 aromatic rings. The first-order valence-corrected chi connectivity index (χ1v) is 14.8. The molecule has 0 aliphatic heterocycles. The Kier molecular flexibility index (Phi) is 10.4. The number of nitrogens with one attached hydrogen (secondary N) is 1. The number of carbonyl (C=O) groups is 2. The van der Waals surface area contributed by atoms with E-state index in [1.54, 1.807) is 19.9 Å². The first-order chi connectivity index (χ1) is 18.4. The van der Waals surface area contributed by atoms with Crippen LogP contribution in [0.1, 0.15) is 25.0 Å². The molecule has 0 aromatic heterocycles. The van der Waals surface area contributed by atoms with Crippen LogP contribution in [0.3, 0.4) is 0 Å². The molecule has 3 rings (SSSR count). The number of hydrogen-bond donors (Lipinski definition) is 1. The van der Waals surface area contributed by atoms with Gasteiger partial charge in [0.2, 0.25) is 21.8 Å². The second-order valence-electron chi connectivity index (χ2n) is 9.35. The van der Waals surface area contributed by atoms with Crippen molar-refractivity contribution in [1.29, 1.82) is 0 Å². The van der Waals surface area contributed by atoms with E-state index >= 15 is 0 Å². The molecule has 0 heterocycles. The second-order valence-corrected chi connectivity index (χ2v) is 12.1. The molecule has 1 N–H and O–H groups in total. The molecule has 0 bridgehead atoms. The fourth-order valence-electron chi connectivity index (χ4n) is 4.02. The molecule has 7 nitrogen and oxygen atoms in total. The number of carbonyl (C=O) groups excluding carboxylic acids is 2. The summed E-state index contributed by atoms with van der Waals surface area (Å²) in [7, 11) is -4.00. The molecule has 0 saturated carbocycles. The average molecular weight is 595 g/mol. The van der Waals surface area contributed by atoms with Gasteiger partial charge in [0.25, 0.3) is 0 Å². The normalized spacial score (nSPS) is 12.2. The first-order valence-electron chi connectivity index (χ1n) is 12.2. The average Bonchev–Trinajstić information content (AvgIpc) is 2.85. The molecule has 0 aliphatic carbocycles. The highest BCUT2D eigenvalue weighted by Gasteiger charge is 2.34. The molecule has 0 saturated heterocycles. The smallest absolute Gasteiger partial charge is 0.244 e. The van der Waals surface area contributed by atoms with Gasteiger partial charge in [-0.2, -0.15) is 0 Å². The van der Waals surface area contributed by atoms with Crippen molar-refractivity contribution in [3.8, 4) is 0 Å². The molecule has 2 amide bonds. The largest absolute Gasteiger partial charge is 0.352 e. The van der Waals surface area contributed by atoms with Crippen molar-refractivity contribution < 1.29 is 22.4 Å². The molecule has 39 heavy (non-hydrogen) atoms. The summed E-state index contributed by atoms with van der Waals surface area (Å²) in [5, 5.41) is 3.15. The number of rotatable bonds is 11. The van der Waals surface area contributed by atoms with E-state index < -0.39 is 40.2 Å². The molecular weight excluding hydrogens is 564 g/mol. The van der Waals surface area contributed by atoms with Crippen LogP contribution in [-0.2, 0) is 32.6 Å². The quantitative estimate of drug-likeness (QED) is 0.336. The highest BCUT2D eigenvalue weighted by molar-refractivity contribution is 7.92. The lowest BCUT2D eigenvalue weighted by molar-refractivity contribution is -0.140. The number of sulfonamides is 1. The Morgan fingerprint density at radius 1 is 0.974 bits per heavy atom. The monoisotopic (exact) mass is 593 g/mol. The molecule has 0 spiro atoms. The van der Waals surface area contributed by atoms with Crippen LogP contribution in [0.25, 0.3) is 0 Å². The van der Waals surface area contributed by atoms with Crippen LogP contribution in [0.5, 0.6) is 0 Å². The van der Waals surface area contributed by atoms with Gasteiger partial charge in [-0.15, -0.1) is 0 Å². The molecule has 1 atom stereocenters. The number of amides is 2. The standard InChI is InChI=1S/C28H30Cl2FN3O4S/c1-19(2)32-28(36)26(15-20-9-5-4-6-10-20)33(17-21-11-7-8-12-24(21)31)27(35)18-34(39(3,37)38)25-14-13-22(29)16-23(25)30/h4-14,16,19,26H,15,17-18H2,1-3H3,(H,32,36). The summed E-state index contributed by atoms with van der Waals surface area (Å²) in [6.45, 7) is 2.64. The van der Waals surface area contributed by atoms with Crippen LogP contribution < -0.4 is 9.62 Å². The summed E-state index contributed by atoms with van der Waals surface area (Å²) in [6, 6.07) is 17.9. The maximum atomic E-state index is 14.7. The number of hydrogen-bond acceptors (Lipinski definition) is 4. The Morgan fingerprint density at radius 3 is 2.21 bits per heavy atom. The van der Waals surface area contributed by atoms with E-state index in [1.807, 2.05) is 30.3 Å². The second kappa shape index (κ2) is 13.3. The van der Waals surface area contributed by atoms with E-state index in [-0.39, 0.29) is 40.3 Å². The third-order valence-electron chi connectivity index (χ3n) is 5.86. The van der Waals surface area contributed by atoms with Crippen molar-refractivity contribution in [2.24, 2.45) is 0 Å². The minimum atomic E-state index is -4.00. The van der Waals surface area contributed by atoms with Crippen molar-refractivity contribution in [2.75, 3.05) is 17.1 Å². The Morgan fingerprint density at radius 2 is 1.62 bits per heavy atom. The zero-order chi connectivity index (χ0) is 28.7. The fourth-order valence-corrected chi connectivity index (χ4v) is 5.45. The molecule has 208 valence electrons. The van der Waals surface area contributed by atoms with E-state index in [9.17, 15) is 22.4 Å². The van der Waals surface area contributed by atoms with Crippen LogP contribution in [0.15, 0.2) is 72.8 Å². The van der Waals surface area contributed by atoms with Gasteiger partial charge in [-0.05, 0) is 43.7 Å². The third kappa shape index (κ3) is 8.42. The van der Waals surface area contributed by atoms with Crippen LogP contribution in [0.4, 0.5) is 10.1 Å². The summed E-state index contributed by atoms with van der Waals surface area (Å²) >= 11 is 12.3. The Hall–Kier alpha value is -3.14. The van der Waals surface area contributed by atoms with Gasteiger partial charge >= 0.3 is 0 Å². The summed E-state index contributed by atoms with van der Waals surface area (Å²) in [5.41, 5.74) is 0.999. The van der Waals surface area contributed by atoms with Crippen LogP contribution in [0.2, 0.25) is 10.0 Å². The van der Waals surface area contributed by atoms with Gasteiger partial charge in [-0.25, -0.2) is 12.8 Å². The summed E-state index contributed by atoms with van der Waals surface area (Å²) in [5.74, 6) is -1.72. The van der Waals surface area contributed by atoms with Gasteiger partial charge in [0.1, 0.15) is 18.4 Å². The predicted octanol–water partition coefficient (Wildman–Crippen LogP) is 5.06. The van der Waals surface area contributed by atoms with Gasteiger partial charge in [-0.3, -0.25) is 13.9 Å². The lowest BCUT2D eigenvalue weighted by Crippen LogP contribution is -2.54. The van der Waals surface area contributed by atoms with Gasteiger partial charge in [0.15, 0.2) is 0 Å². The van der Waals surface area contributed by atoms with Crippen molar-refractivity contribution in [3.63, 3.8) is 0 Å². The Labute approximate surface area is 238 Å². The summed E-state index contributed by atoms with van der Waals surface area (Å²) < 4.78 is 41.2. The van der Waals surface area contributed by atoms with E-state index in [0.29, 0.717) is 0 Å². The SMILES string of the molecule is CC(C)NC(=O)C(Cc1ccccc1)N(Cc1ccccc1F)C(=O)CN(c1ccc(Cl)cc1Cl)S(C)(=O)=O. The third-order valence-corrected chi connectivity index (χ3v) is 7.52. The summed E-state index contributed by atoms with van der Waals surface area (Å²) in [4.78, 5) is 28.6. The zero-order valence-electron chi connectivity index (χ0n) is 21.8. The summed E-state index contributed by atoms with van der Waals surface area (Å²) in [6.07, 6.45) is 1.07. The molecular formula is C28H30Cl2FN3O4S. The molecule has 11 heteroatoms. The maximum absolute atomic E-state index is 14.7. The minimum absolute atomic E-state index is 0.0276. The fraction of sp³-hybridized carbons (Fsp3) is 0.286. The van der Waals surface area contributed by atoms with Crippen molar-refractivity contribution >= 4 is 50.7 Å². The number of anilines is 1. The lowest BCUT2D eigenvalue weighted by atomic mass is 10.0. The van der Waals surface area contributed by atoms with E-state index in [1.165, 1.54) is 41.3 Å². The lowest BCUT2D eigenvalue weighted by Gasteiger charge is -2.34. The van der Waals surface area contributed by atoms with Gasteiger partial charge in [0.05, 0.1) is 17.0 Å². The van der Waals surface area contributed by atoms with E-state index in [0.717, 1.165) is 16.1 Å². The molecule has 1 unspecified atom stereocenters. The number of benzene rings is 3. The minimum Gasteiger partial charge on any atom is -0.352 e. The predicted molar refractivity (Wildman–Crippen MR) is 153 cm³/mol. The van der Waals surface area contributed by atoms with Crippen molar-refractivity contribution in [1.82, 2.24) is 10.2 Å². The van der Waals surface area contributed by atoms with Crippen molar-refractivity contribution in [3.05, 3.63) is 99.8 Å². The highest BCUT2D eigenvalue weighted by atomic mass is 35.5. The van der Waals surface area contributed by atoms with Crippen LogP contribution in [-0.4, -0.2) is 50.0 Å². The van der Waals surface area contributed by atoms with Crippen LogP contribution in [0, 0.1) is 5.82 Å². The molecule has 0 fully saturated rings. The van der Waals surface area contributed by atoms with Gasteiger partial charge in [-0.1, -0.05) is 71.7 Å². The van der Waals surface area contributed by atoms with E-state index in [2.05, 4.69) is 5.32 Å². The molecule has 0 radical (unpaired) electrons.